The van der Waals surface area contributed by atoms with Crippen molar-refractivity contribution in [3.63, 3.8) is 0 Å². The maximum Gasteiger partial charge on any atom is 0.472 e. The van der Waals surface area contributed by atoms with Crippen LogP contribution in [-0.4, -0.2) is 96.8 Å². The van der Waals surface area contributed by atoms with E-state index in [0.29, 0.717) is 6.42 Å². The van der Waals surface area contributed by atoms with Crippen LogP contribution in [0, 0.1) is 0 Å². The molecule has 0 saturated heterocycles. The van der Waals surface area contributed by atoms with Gasteiger partial charge in [0, 0.05) is 6.42 Å². The molecular formula is C36H70NO11P. The summed E-state index contributed by atoms with van der Waals surface area (Å²) in [7, 11) is -5.06. The van der Waals surface area contributed by atoms with E-state index in [1.165, 1.54) is 89.5 Å². The normalized spacial score (nSPS) is 25.3. The molecule has 1 saturated carbocycles. The highest BCUT2D eigenvalue weighted by Crippen LogP contribution is 2.47. The molecule has 290 valence electrons. The number of nitrogens with one attached hydrogen (secondary N) is 1. The highest BCUT2D eigenvalue weighted by molar-refractivity contribution is 7.47. The molecule has 1 aliphatic carbocycles. The molecule has 0 aromatic rings. The number of phosphoric ester groups is 1. The molecule has 1 rings (SSSR count). The van der Waals surface area contributed by atoms with Gasteiger partial charge in [-0.05, 0) is 19.3 Å². The molecular weight excluding hydrogens is 653 g/mol. The number of unbranched alkanes of at least 4 members (excludes halogenated alkanes) is 19. The molecule has 9 atom stereocenters. The Morgan fingerprint density at radius 2 is 1.08 bits per heavy atom. The van der Waals surface area contributed by atoms with Gasteiger partial charge in [0.2, 0.25) is 5.91 Å². The third-order valence-corrected chi connectivity index (χ3v) is 10.3. The second-order valence-corrected chi connectivity index (χ2v) is 15.2. The summed E-state index contributed by atoms with van der Waals surface area (Å²) in [5.74, 6) is -0.345. The van der Waals surface area contributed by atoms with Gasteiger partial charge in [-0.25, -0.2) is 4.57 Å². The van der Waals surface area contributed by atoms with Gasteiger partial charge in [0.1, 0.15) is 36.6 Å². The van der Waals surface area contributed by atoms with Gasteiger partial charge in [-0.15, -0.1) is 0 Å². The fraction of sp³-hybridized carbons (Fsp3) is 0.917. The fourth-order valence-corrected chi connectivity index (χ4v) is 7.04. The summed E-state index contributed by atoms with van der Waals surface area (Å²) in [6, 6.07) is -1.11. The topological polar surface area (TPSA) is 206 Å². The molecule has 0 bridgehead atoms. The summed E-state index contributed by atoms with van der Waals surface area (Å²) in [6.45, 7) is 3.77. The molecule has 1 aliphatic rings. The summed E-state index contributed by atoms with van der Waals surface area (Å²) < 4.78 is 22.7. The first kappa shape index (κ1) is 46.1. The first-order valence-electron chi connectivity index (χ1n) is 19.1. The Bertz CT molecular complexity index is 894. The molecule has 0 radical (unpaired) electrons. The number of allylic oxidation sites excluding steroid dienone is 1. The minimum absolute atomic E-state index is 0.216. The zero-order valence-corrected chi connectivity index (χ0v) is 31.1. The number of hydrogen-bond acceptors (Lipinski definition) is 10. The smallest absolute Gasteiger partial charge is 0.387 e. The van der Waals surface area contributed by atoms with E-state index >= 15 is 0 Å². The number of rotatable bonds is 30. The van der Waals surface area contributed by atoms with Crippen molar-refractivity contribution >= 4 is 13.7 Å². The van der Waals surface area contributed by atoms with E-state index in [2.05, 4.69) is 19.2 Å². The summed E-state index contributed by atoms with van der Waals surface area (Å²) in [4.78, 5) is 23.1. The molecule has 0 aliphatic heterocycles. The van der Waals surface area contributed by atoms with E-state index in [9.17, 15) is 44.9 Å². The van der Waals surface area contributed by atoms with Crippen molar-refractivity contribution in [2.75, 3.05) is 6.61 Å². The van der Waals surface area contributed by atoms with Crippen LogP contribution < -0.4 is 5.32 Å². The van der Waals surface area contributed by atoms with Crippen molar-refractivity contribution in [2.24, 2.45) is 0 Å². The van der Waals surface area contributed by atoms with Crippen molar-refractivity contribution in [3.05, 3.63) is 12.2 Å². The van der Waals surface area contributed by atoms with Crippen LogP contribution in [0.1, 0.15) is 155 Å². The van der Waals surface area contributed by atoms with Crippen molar-refractivity contribution < 1.29 is 53.9 Å². The number of hydrogen-bond donors (Lipinski definition) is 8. The van der Waals surface area contributed by atoms with E-state index in [4.69, 9.17) is 9.05 Å². The van der Waals surface area contributed by atoms with E-state index < -0.39 is 63.2 Å². The number of aliphatic hydroxyl groups excluding tert-OH is 6. The second kappa shape index (κ2) is 27.7. The van der Waals surface area contributed by atoms with Crippen LogP contribution in [0.3, 0.4) is 0 Å². The maximum atomic E-state index is 12.8. The Kier molecular flexibility index (Phi) is 26.1. The number of phosphoric acid groups is 1. The summed E-state index contributed by atoms with van der Waals surface area (Å²) in [5, 5.41) is 63.5. The van der Waals surface area contributed by atoms with Gasteiger partial charge < -0.3 is 40.8 Å². The van der Waals surface area contributed by atoms with Gasteiger partial charge in [0.05, 0.1) is 18.8 Å². The van der Waals surface area contributed by atoms with Gasteiger partial charge in [-0.3, -0.25) is 13.8 Å². The highest BCUT2D eigenvalue weighted by atomic mass is 31.2. The molecule has 12 nitrogen and oxygen atoms in total. The predicted molar refractivity (Wildman–Crippen MR) is 191 cm³/mol. The van der Waals surface area contributed by atoms with Gasteiger partial charge in [-0.1, -0.05) is 142 Å². The highest BCUT2D eigenvalue weighted by Gasteiger charge is 2.51. The van der Waals surface area contributed by atoms with Crippen molar-refractivity contribution in [1.82, 2.24) is 5.32 Å². The van der Waals surface area contributed by atoms with Crippen molar-refractivity contribution in [1.29, 1.82) is 0 Å². The zero-order valence-electron chi connectivity index (χ0n) is 30.2. The molecule has 1 amide bonds. The Morgan fingerprint density at radius 1 is 0.673 bits per heavy atom. The number of aliphatic hydroxyl groups is 6. The average molecular weight is 724 g/mol. The molecule has 1 fully saturated rings. The summed E-state index contributed by atoms with van der Waals surface area (Å²) >= 11 is 0. The van der Waals surface area contributed by atoms with Gasteiger partial charge in [0.15, 0.2) is 0 Å². The van der Waals surface area contributed by atoms with E-state index in [1.807, 2.05) is 6.08 Å². The Morgan fingerprint density at radius 3 is 1.55 bits per heavy atom. The molecule has 49 heavy (non-hydrogen) atoms. The van der Waals surface area contributed by atoms with E-state index in [0.717, 1.165) is 44.9 Å². The van der Waals surface area contributed by atoms with Crippen LogP contribution in [0.2, 0.25) is 0 Å². The summed E-state index contributed by atoms with van der Waals surface area (Å²) in [5.41, 5.74) is 0. The minimum Gasteiger partial charge on any atom is -0.387 e. The molecule has 8 N–H and O–H groups in total. The van der Waals surface area contributed by atoms with Gasteiger partial charge in [0.25, 0.3) is 0 Å². The summed E-state index contributed by atoms with van der Waals surface area (Å²) in [6.07, 6.45) is 14.5. The Hall–Kier alpha value is -0.920. The van der Waals surface area contributed by atoms with Crippen LogP contribution in [-0.2, 0) is 18.4 Å². The minimum atomic E-state index is -5.06. The first-order chi connectivity index (χ1) is 23.4. The van der Waals surface area contributed by atoms with Crippen molar-refractivity contribution in [3.8, 4) is 0 Å². The third kappa shape index (κ3) is 20.6. The first-order valence-corrected chi connectivity index (χ1v) is 20.6. The van der Waals surface area contributed by atoms with Crippen LogP contribution in [0.25, 0.3) is 0 Å². The molecule has 0 aromatic heterocycles. The maximum absolute atomic E-state index is 12.8. The lowest BCUT2D eigenvalue weighted by Crippen LogP contribution is -2.64. The number of carbonyl (C=O) groups is 1. The molecule has 0 heterocycles. The van der Waals surface area contributed by atoms with Crippen molar-refractivity contribution in [2.45, 2.75) is 204 Å². The molecule has 6 unspecified atom stereocenters. The largest absolute Gasteiger partial charge is 0.472 e. The standard InChI is InChI=1S/C36H70NO11P/c1-3-5-7-9-11-13-15-16-17-19-21-23-25-29(38)28(37-30(39)26-24-22-20-18-14-12-10-8-6-4-2)27-47-49(45,46)48-36-34(43)32(41)31(40)33(42)35(36)44/h23,25,28-29,31-36,38,40-44H,3-22,24,26-27H2,1-2H3,(H,37,39)(H,45,46)/b25-23+/t28-,29+,31?,32+,33?,34?,35?,36?/m0/s1. The Balaban J connectivity index is 2.62. The van der Waals surface area contributed by atoms with Gasteiger partial charge in [-0.2, -0.15) is 0 Å². The lowest BCUT2D eigenvalue weighted by Gasteiger charge is -2.41. The lowest BCUT2D eigenvalue weighted by atomic mass is 9.85. The van der Waals surface area contributed by atoms with E-state index in [1.54, 1.807) is 0 Å². The predicted octanol–water partition coefficient (Wildman–Crippen LogP) is 5.33. The Labute approximate surface area is 295 Å². The molecule has 0 aromatic carbocycles. The SMILES string of the molecule is CCCCCCCCCCCC/C=C/[C@@H](O)[C@H](COP(=O)(O)OC1C(O)C(O)C(O)[C@@H](O)C1O)NC(=O)CCCCCCCCCCCC. The van der Waals surface area contributed by atoms with E-state index in [-0.39, 0.29) is 12.3 Å². The monoisotopic (exact) mass is 723 g/mol. The third-order valence-electron chi connectivity index (χ3n) is 9.32. The number of carbonyl (C=O) groups excluding carboxylic acids is 1. The fourth-order valence-electron chi connectivity index (χ4n) is 6.08. The quantitative estimate of drug-likeness (QED) is 0.0270. The molecule has 0 spiro atoms. The average Bonchev–Trinajstić information content (AvgIpc) is 3.08. The van der Waals surface area contributed by atoms with Crippen LogP contribution >= 0.6 is 7.82 Å². The second-order valence-electron chi connectivity index (χ2n) is 13.8. The lowest BCUT2D eigenvalue weighted by molar-refractivity contribution is -0.220. The van der Waals surface area contributed by atoms with Gasteiger partial charge >= 0.3 is 7.82 Å². The van der Waals surface area contributed by atoms with Crippen LogP contribution in [0.15, 0.2) is 12.2 Å². The van der Waals surface area contributed by atoms with Crippen LogP contribution in [0.4, 0.5) is 0 Å². The van der Waals surface area contributed by atoms with Crippen LogP contribution in [0.5, 0.6) is 0 Å². The number of amides is 1. The molecule has 13 heteroatoms. The zero-order chi connectivity index (χ0) is 36.5.